The van der Waals surface area contributed by atoms with Gasteiger partial charge in [-0.1, -0.05) is 63.8 Å². The number of benzene rings is 2. The number of H-pyrrole nitrogens is 2. The van der Waals surface area contributed by atoms with Crippen LogP contribution >= 0.6 is 0 Å². The quantitative estimate of drug-likeness (QED) is 0.114. The fourth-order valence-corrected chi connectivity index (χ4v) is 6.67. The normalized spacial score (nSPS) is 15.0. The molecule has 58 heavy (non-hydrogen) atoms. The summed E-state index contributed by atoms with van der Waals surface area (Å²) in [6, 6.07) is 13.1. The van der Waals surface area contributed by atoms with Crippen molar-refractivity contribution < 1.29 is 37.4 Å². The van der Waals surface area contributed by atoms with Gasteiger partial charge < -0.3 is 39.9 Å². The Bertz CT molecular complexity index is 2110. The van der Waals surface area contributed by atoms with Crippen molar-refractivity contribution in [2.45, 2.75) is 78.1 Å². The second-order valence-electron chi connectivity index (χ2n) is 15.0. The molecule has 1 fully saturated rings. The van der Waals surface area contributed by atoms with Crippen LogP contribution in [0, 0.1) is 23.7 Å². The number of alkyl carbamates (subject to hydrolysis) is 2. The number of amides is 4. The van der Waals surface area contributed by atoms with Crippen LogP contribution in [-0.2, 0) is 25.6 Å². The lowest BCUT2D eigenvalue weighted by atomic mass is 10.0. The molecule has 3 heterocycles. The highest BCUT2D eigenvalue weighted by atomic mass is 19.3. The molecule has 4 N–H and O–H groups in total. The first kappa shape index (κ1) is 42.9. The van der Waals surface area contributed by atoms with Crippen LogP contribution in [0.2, 0.25) is 0 Å². The number of likely N-dealkylation sites (tertiary alicyclic amines) is 1. The lowest BCUT2D eigenvalue weighted by Crippen LogP contribution is -2.53. The number of nitrogens with zero attached hydrogens (tertiary/aromatic N) is 4. The van der Waals surface area contributed by atoms with Crippen LogP contribution in [0.25, 0.3) is 22.5 Å². The summed E-state index contributed by atoms with van der Waals surface area (Å²) >= 11 is 0. The van der Waals surface area contributed by atoms with Crippen LogP contribution in [0.1, 0.15) is 76.3 Å². The Morgan fingerprint density at radius 2 is 1.36 bits per heavy atom. The van der Waals surface area contributed by atoms with E-state index in [0.717, 1.165) is 59.7 Å². The highest BCUT2D eigenvalue weighted by Crippen LogP contribution is 2.33. The van der Waals surface area contributed by atoms with E-state index in [0.29, 0.717) is 23.9 Å². The number of aromatic amines is 2. The fraction of sp³-hybridized carbons (Fsp3) is 0.429. The van der Waals surface area contributed by atoms with E-state index >= 15 is 0 Å². The molecular formula is C42H50F2N8O6. The predicted molar refractivity (Wildman–Crippen MR) is 212 cm³/mol. The van der Waals surface area contributed by atoms with Gasteiger partial charge in [0.05, 0.1) is 57.1 Å². The topological polar surface area (TPSA) is 175 Å². The molecule has 1 aliphatic heterocycles. The van der Waals surface area contributed by atoms with Crippen molar-refractivity contribution in [2.24, 2.45) is 11.8 Å². The van der Waals surface area contributed by atoms with Gasteiger partial charge in [-0.25, -0.2) is 28.3 Å². The summed E-state index contributed by atoms with van der Waals surface area (Å²) in [5, 5.41) is 5.11. The second kappa shape index (κ2) is 18.8. The van der Waals surface area contributed by atoms with Crippen molar-refractivity contribution in [3.05, 3.63) is 83.7 Å². The van der Waals surface area contributed by atoms with E-state index < -0.39 is 42.6 Å². The van der Waals surface area contributed by atoms with E-state index in [1.807, 2.05) is 62.4 Å². The maximum atomic E-state index is 14.2. The molecular weight excluding hydrogens is 751 g/mol. The molecule has 5 rings (SSSR count). The molecule has 0 radical (unpaired) electrons. The average Bonchev–Trinajstić information content (AvgIpc) is 3.99. The van der Waals surface area contributed by atoms with Gasteiger partial charge in [-0.3, -0.25) is 9.59 Å². The number of methoxy groups -OCH3 is 2. The SMILES string of the molecule is COC(=O)N[C@H](C(=O)N(Cc1ncc(-c2ccc(C#Cc3ccc(-c4cnc([C@@H]5CCCN5C(=O)[C@@H](NC(=O)OC)C(C)C)[nH]4)cc3)cc2)[nH]1)CC(C)(F)F)C(C)C. The number of imidazole rings is 2. The van der Waals surface area contributed by atoms with Crippen molar-refractivity contribution in [3.63, 3.8) is 0 Å². The standard InChI is InChI=1S/C42H50F2N8O6/c1-25(2)35(49-40(55)57-6)38(53)51(24-42(5,43)44)23-34-45-21-31(47-34)29-16-12-27(13-17-29)10-11-28-14-18-30(19-15-28)32-22-46-37(48-32)33-9-8-20-52(33)39(54)36(26(3)4)50-41(56)58-7/h12-19,21-22,25-26,33,35-36H,8-9,20,23-24H2,1-7H3,(H,45,47)(H,46,48)(H,49,55)(H,50,56)/t33-,35-,36-/m0/s1. The zero-order chi connectivity index (χ0) is 42.1. The van der Waals surface area contributed by atoms with Crippen LogP contribution < -0.4 is 10.6 Å². The van der Waals surface area contributed by atoms with E-state index in [2.05, 4.69) is 47.1 Å². The number of ether oxygens (including phenoxy) is 2. The smallest absolute Gasteiger partial charge is 0.407 e. The summed E-state index contributed by atoms with van der Waals surface area (Å²) in [7, 11) is 2.43. The van der Waals surface area contributed by atoms with Gasteiger partial charge in [-0.15, -0.1) is 0 Å². The largest absolute Gasteiger partial charge is 0.453 e. The minimum Gasteiger partial charge on any atom is -0.453 e. The Kier molecular flexibility index (Phi) is 13.9. The number of nitrogens with one attached hydrogen (secondary N) is 4. The Hall–Kier alpha value is -6.24. The summed E-state index contributed by atoms with van der Waals surface area (Å²) in [4.78, 5) is 68.8. The van der Waals surface area contributed by atoms with E-state index in [1.165, 1.54) is 7.11 Å². The first-order valence-electron chi connectivity index (χ1n) is 19.0. The monoisotopic (exact) mass is 800 g/mol. The zero-order valence-electron chi connectivity index (χ0n) is 33.7. The van der Waals surface area contributed by atoms with Gasteiger partial charge in [0.25, 0.3) is 5.92 Å². The second-order valence-corrected chi connectivity index (χ2v) is 15.0. The third-order valence-electron chi connectivity index (χ3n) is 9.72. The minimum absolute atomic E-state index is 0.127. The maximum absolute atomic E-state index is 14.2. The molecule has 2 aromatic heterocycles. The number of rotatable bonds is 13. The summed E-state index contributed by atoms with van der Waals surface area (Å²) in [5.74, 6) is 2.78. The van der Waals surface area contributed by atoms with Gasteiger partial charge in [0, 0.05) is 24.6 Å². The molecule has 16 heteroatoms. The first-order valence-corrected chi connectivity index (χ1v) is 19.0. The van der Waals surface area contributed by atoms with E-state index in [9.17, 15) is 28.0 Å². The van der Waals surface area contributed by atoms with Crippen LogP contribution in [0.15, 0.2) is 60.9 Å². The molecule has 0 spiro atoms. The van der Waals surface area contributed by atoms with Crippen LogP contribution in [0.5, 0.6) is 0 Å². The van der Waals surface area contributed by atoms with E-state index in [4.69, 9.17) is 4.74 Å². The molecule has 0 aliphatic carbocycles. The Labute approximate surface area is 336 Å². The molecule has 0 bridgehead atoms. The number of hydrogen-bond acceptors (Lipinski definition) is 8. The van der Waals surface area contributed by atoms with Crippen molar-refractivity contribution in [1.29, 1.82) is 0 Å². The lowest BCUT2D eigenvalue weighted by Gasteiger charge is -2.30. The zero-order valence-corrected chi connectivity index (χ0v) is 33.7. The van der Waals surface area contributed by atoms with E-state index in [1.54, 1.807) is 31.1 Å². The third-order valence-corrected chi connectivity index (χ3v) is 9.72. The van der Waals surface area contributed by atoms with E-state index in [-0.39, 0.29) is 30.3 Å². The fourth-order valence-electron chi connectivity index (χ4n) is 6.67. The summed E-state index contributed by atoms with van der Waals surface area (Å²) in [6.45, 7) is 7.35. The van der Waals surface area contributed by atoms with Gasteiger partial charge in [-0.2, -0.15) is 0 Å². The number of carbonyl (C=O) groups excluding carboxylic acids is 4. The van der Waals surface area contributed by atoms with Gasteiger partial charge in [0.2, 0.25) is 11.8 Å². The highest BCUT2D eigenvalue weighted by molar-refractivity contribution is 5.87. The van der Waals surface area contributed by atoms with Crippen molar-refractivity contribution in [3.8, 4) is 34.4 Å². The van der Waals surface area contributed by atoms with Gasteiger partial charge in [0.1, 0.15) is 23.7 Å². The first-order chi connectivity index (χ1) is 27.6. The maximum Gasteiger partial charge on any atom is 0.407 e. The Balaban J connectivity index is 1.22. The molecule has 14 nitrogen and oxygen atoms in total. The Morgan fingerprint density at radius 3 is 1.88 bits per heavy atom. The molecule has 4 aromatic rings. The molecule has 4 amide bonds. The van der Waals surface area contributed by atoms with Gasteiger partial charge in [0.15, 0.2) is 0 Å². The minimum atomic E-state index is -3.19. The highest BCUT2D eigenvalue weighted by Gasteiger charge is 2.38. The number of alkyl halides is 2. The van der Waals surface area contributed by atoms with Crippen LogP contribution in [0.3, 0.4) is 0 Å². The Morgan fingerprint density at radius 1 is 0.845 bits per heavy atom. The van der Waals surface area contributed by atoms with Crippen molar-refractivity contribution in [1.82, 2.24) is 40.4 Å². The molecule has 0 unspecified atom stereocenters. The molecule has 2 aromatic carbocycles. The molecule has 1 aliphatic rings. The number of hydrogen-bond donors (Lipinski definition) is 4. The number of aromatic nitrogens is 4. The predicted octanol–water partition coefficient (Wildman–Crippen LogP) is 6.28. The third kappa shape index (κ3) is 11.0. The van der Waals surface area contributed by atoms with Gasteiger partial charge in [-0.05, 0) is 60.1 Å². The number of carbonyl (C=O) groups is 4. The average molecular weight is 801 g/mol. The molecule has 1 saturated heterocycles. The van der Waals surface area contributed by atoms with Crippen LogP contribution in [0.4, 0.5) is 18.4 Å². The summed E-state index contributed by atoms with van der Waals surface area (Å²) < 4.78 is 37.7. The van der Waals surface area contributed by atoms with Crippen molar-refractivity contribution in [2.75, 3.05) is 27.3 Å². The molecule has 308 valence electrons. The molecule has 0 saturated carbocycles. The number of halogens is 2. The lowest BCUT2D eigenvalue weighted by molar-refractivity contribution is -0.140. The summed E-state index contributed by atoms with van der Waals surface area (Å²) in [5.41, 5.74) is 4.68. The van der Waals surface area contributed by atoms with Gasteiger partial charge >= 0.3 is 12.2 Å². The summed E-state index contributed by atoms with van der Waals surface area (Å²) in [6.07, 6.45) is 3.41. The van der Waals surface area contributed by atoms with Crippen molar-refractivity contribution >= 4 is 24.0 Å². The molecule has 3 atom stereocenters. The van der Waals surface area contributed by atoms with Crippen LogP contribution in [-0.4, -0.2) is 99.1 Å².